The summed E-state index contributed by atoms with van der Waals surface area (Å²) in [7, 11) is -3.61. The van der Waals surface area contributed by atoms with E-state index in [1.807, 2.05) is 66.4 Å². The van der Waals surface area contributed by atoms with Crippen molar-refractivity contribution < 1.29 is 18.3 Å². The van der Waals surface area contributed by atoms with Gasteiger partial charge in [-0.15, -0.1) is 0 Å². The summed E-state index contributed by atoms with van der Waals surface area (Å²) in [4.78, 5) is 12.7. The molecule has 2 rings (SSSR count). The summed E-state index contributed by atoms with van der Waals surface area (Å²) in [5.74, 6) is -2.30. The second-order valence-electron chi connectivity index (χ2n) is 6.11. The van der Waals surface area contributed by atoms with Crippen molar-refractivity contribution in [2.24, 2.45) is 0 Å². The van der Waals surface area contributed by atoms with Gasteiger partial charge in [0, 0.05) is 19.6 Å². The zero-order valence-corrected chi connectivity index (χ0v) is 15.1. The summed E-state index contributed by atoms with van der Waals surface area (Å²) >= 11 is 0. The van der Waals surface area contributed by atoms with Crippen LogP contribution >= 0.6 is 0 Å². The van der Waals surface area contributed by atoms with E-state index in [2.05, 4.69) is 0 Å². The first-order chi connectivity index (χ1) is 11.9. The molecule has 0 saturated carbocycles. The van der Waals surface area contributed by atoms with Gasteiger partial charge in [0.2, 0.25) is 0 Å². The zero-order valence-electron chi connectivity index (χ0n) is 14.3. The lowest BCUT2D eigenvalue weighted by molar-refractivity contribution is -0.134. The Morgan fingerprint density at radius 1 is 1.00 bits per heavy atom. The van der Waals surface area contributed by atoms with Crippen molar-refractivity contribution in [3.8, 4) is 0 Å². The van der Waals surface area contributed by atoms with Crippen molar-refractivity contribution in [1.82, 2.24) is 4.90 Å². The van der Waals surface area contributed by atoms with Crippen molar-refractivity contribution in [3.05, 3.63) is 71.3 Å². The third-order valence-electron chi connectivity index (χ3n) is 3.97. The Bertz CT molecular complexity index is 803. The quantitative estimate of drug-likeness (QED) is 0.743. The summed E-state index contributed by atoms with van der Waals surface area (Å²) in [6.45, 7) is 3.54. The van der Waals surface area contributed by atoms with E-state index in [-0.39, 0.29) is 5.75 Å². The minimum atomic E-state index is -3.61. The fourth-order valence-corrected chi connectivity index (χ4v) is 3.67. The summed E-state index contributed by atoms with van der Waals surface area (Å²) < 4.78 is 23.8. The lowest BCUT2D eigenvalue weighted by atomic mass is 10.1. The topological polar surface area (TPSA) is 74.7 Å². The summed E-state index contributed by atoms with van der Waals surface area (Å²) in [5, 5.41) is 8.73. The molecule has 0 aliphatic rings. The zero-order chi connectivity index (χ0) is 18.3. The molecule has 25 heavy (non-hydrogen) atoms. The second-order valence-corrected chi connectivity index (χ2v) is 8.29. The van der Waals surface area contributed by atoms with Crippen molar-refractivity contribution >= 4 is 15.8 Å². The first kappa shape index (κ1) is 19.1. The average Bonchev–Trinajstić information content (AvgIpc) is 2.54. The molecular weight excluding hydrogens is 338 g/mol. The largest absolute Gasteiger partial charge is 0.480 e. The monoisotopic (exact) mass is 361 g/mol. The maximum absolute atomic E-state index is 11.9. The number of hydrogen-bond acceptors (Lipinski definition) is 4. The minimum absolute atomic E-state index is 0.169. The van der Waals surface area contributed by atoms with Crippen LogP contribution in [0.15, 0.2) is 54.6 Å². The third kappa shape index (κ3) is 6.68. The Labute approximate surface area is 148 Å². The highest BCUT2D eigenvalue weighted by Crippen LogP contribution is 2.13. The molecule has 0 atom stereocenters. The number of benzene rings is 2. The second kappa shape index (κ2) is 8.78. The van der Waals surface area contributed by atoms with E-state index in [1.165, 1.54) is 0 Å². The molecule has 0 amide bonds. The molecule has 0 aliphatic heterocycles. The molecule has 0 radical (unpaired) electrons. The molecule has 0 aromatic heterocycles. The number of carbonyl (C=O) groups is 1. The molecule has 0 bridgehead atoms. The number of aliphatic carboxylic acids is 1. The maximum Gasteiger partial charge on any atom is 0.318 e. The van der Waals surface area contributed by atoms with Gasteiger partial charge in [-0.25, -0.2) is 8.42 Å². The maximum atomic E-state index is 11.9. The van der Waals surface area contributed by atoms with Gasteiger partial charge in [-0.3, -0.25) is 9.69 Å². The minimum Gasteiger partial charge on any atom is -0.480 e. The van der Waals surface area contributed by atoms with Gasteiger partial charge in [-0.05, 0) is 23.6 Å². The summed E-state index contributed by atoms with van der Waals surface area (Å²) in [5.41, 5.74) is 3.37. The van der Waals surface area contributed by atoms with Gasteiger partial charge < -0.3 is 5.11 Å². The summed E-state index contributed by atoms with van der Waals surface area (Å²) in [6, 6.07) is 17.8. The standard InChI is InChI=1S/C19H23NO4S/c1-16-7-5-6-10-18(16)14-20(13-17-8-3-2-4-9-17)11-12-25(23,24)15-19(21)22/h2-10H,11-15H2,1H3,(H,21,22). The van der Waals surface area contributed by atoms with Gasteiger partial charge in [-0.1, -0.05) is 54.6 Å². The number of aryl methyl sites for hydroxylation is 1. The number of nitrogens with zero attached hydrogens (tertiary/aromatic N) is 1. The van der Waals surface area contributed by atoms with E-state index < -0.39 is 21.6 Å². The van der Waals surface area contributed by atoms with Crippen LogP contribution < -0.4 is 0 Å². The van der Waals surface area contributed by atoms with Crippen LogP contribution in [0.25, 0.3) is 0 Å². The molecule has 2 aromatic rings. The summed E-state index contributed by atoms with van der Waals surface area (Å²) in [6.07, 6.45) is 0. The molecule has 0 aliphatic carbocycles. The predicted octanol–water partition coefficient (Wildman–Crippen LogP) is 2.50. The van der Waals surface area contributed by atoms with E-state index in [0.717, 1.165) is 16.7 Å². The number of carboxylic acid groups (broad SMARTS) is 1. The van der Waals surface area contributed by atoms with Crippen molar-refractivity contribution in [3.63, 3.8) is 0 Å². The molecule has 6 heteroatoms. The molecule has 0 spiro atoms. The fraction of sp³-hybridized carbons (Fsp3) is 0.316. The van der Waals surface area contributed by atoms with E-state index in [9.17, 15) is 13.2 Å². The van der Waals surface area contributed by atoms with Gasteiger partial charge >= 0.3 is 5.97 Å². The van der Waals surface area contributed by atoms with Crippen LogP contribution in [-0.2, 0) is 27.7 Å². The Hall–Kier alpha value is -2.18. The van der Waals surface area contributed by atoms with Crippen molar-refractivity contribution in [2.75, 3.05) is 18.1 Å². The van der Waals surface area contributed by atoms with Crippen LogP contribution in [0.5, 0.6) is 0 Å². The van der Waals surface area contributed by atoms with Gasteiger partial charge in [0.1, 0.15) is 5.75 Å². The molecule has 0 unspecified atom stereocenters. The highest BCUT2D eigenvalue weighted by molar-refractivity contribution is 7.92. The first-order valence-electron chi connectivity index (χ1n) is 8.09. The van der Waals surface area contributed by atoms with Gasteiger partial charge in [0.15, 0.2) is 9.84 Å². The first-order valence-corrected chi connectivity index (χ1v) is 9.91. The Balaban J connectivity index is 2.11. The number of sulfone groups is 1. The molecule has 0 fully saturated rings. The van der Waals surface area contributed by atoms with Crippen molar-refractivity contribution in [1.29, 1.82) is 0 Å². The van der Waals surface area contributed by atoms with Gasteiger partial charge in [0.05, 0.1) is 5.75 Å². The SMILES string of the molecule is Cc1ccccc1CN(CCS(=O)(=O)CC(=O)O)Cc1ccccc1. The third-order valence-corrected chi connectivity index (χ3v) is 5.46. The molecule has 2 aromatic carbocycles. The lowest BCUT2D eigenvalue weighted by Crippen LogP contribution is -2.31. The Kier molecular flexibility index (Phi) is 6.73. The Morgan fingerprint density at radius 2 is 1.64 bits per heavy atom. The van der Waals surface area contributed by atoms with Crippen LogP contribution in [-0.4, -0.2) is 42.4 Å². The van der Waals surface area contributed by atoms with Crippen LogP contribution in [0, 0.1) is 6.92 Å². The Morgan fingerprint density at radius 3 is 2.28 bits per heavy atom. The number of carboxylic acids is 1. The average molecular weight is 361 g/mol. The van der Waals surface area contributed by atoms with Crippen LogP contribution in [0.4, 0.5) is 0 Å². The smallest absolute Gasteiger partial charge is 0.318 e. The predicted molar refractivity (Wildman–Crippen MR) is 98.0 cm³/mol. The lowest BCUT2D eigenvalue weighted by Gasteiger charge is -2.23. The number of hydrogen-bond donors (Lipinski definition) is 1. The molecule has 134 valence electrons. The van der Waals surface area contributed by atoms with E-state index in [0.29, 0.717) is 19.6 Å². The van der Waals surface area contributed by atoms with Crippen LogP contribution in [0.1, 0.15) is 16.7 Å². The molecule has 5 nitrogen and oxygen atoms in total. The molecule has 0 heterocycles. The van der Waals surface area contributed by atoms with Gasteiger partial charge in [0.25, 0.3) is 0 Å². The van der Waals surface area contributed by atoms with Crippen LogP contribution in [0.2, 0.25) is 0 Å². The van der Waals surface area contributed by atoms with Crippen LogP contribution in [0.3, 0.4) is 0 Å². The number of rotatable bonds is 9. The highest BCUT2D eigenvalue weighted by atomic mass is 32.2. The highest BCUT2D eigenvalue weighted by Gasteiger charge is 2.18. The fourth-order valence-electron chi connectivity index (χ4n) is 2.61. The van der Waals surface area contributed by atoms with Gasteiger partial charge in [-0.2, -0.15) is 0 Å². The van der Waals surface area contributed by atoms with E-state index >= 15 is 0 Å². The van der Waals surface area contributed by atoms with E-state index in [4.69, 9.17) is 5.11 Å². The normalized spacial score (nSPS) is 11.6. The molecule has 1 N–H and O–H groups in total. The molecular formula is C19H23NO4S. The van der Waals surface area contributed by atoms with Crippen molar-refractivity contribution in [2.45, 2.75) is 20.0 Å². The molecule has 0 saturated heterocycles. The van der Waals surface area contributed by atoms with E-state index in [1.54, 1.807) is 0 Å².